The smallest absolute Gasteiger partial charge is 0.350 e. The summed E-state index contributed by atoms with van der Waals surface area (Å²) in [5, 5.41) is 12.2. The van der Waals surface area contributed by atoms with E-state index in [2.05, 4.69) is 11.4 Å². The predicted octanol–water partition coefficient (Wildman–Crippen LogP) is 2.81. The molecule has 1 aliphatic rings. The van der Waals surface area contributed by atoms with E-state index < -0.39 is 17.7 Å². The van der Waals surface area contributed by atoms with Crippen LogP contribution in [0.2, 0.25) is 0 Å². The van der Waals surface area contributed by atoms with E-state index in [0.29, 0.717) is 24.1 Å². The van der Waals surface area contributed by atoms with Gasteiger partial charge in [-0.25, -0.2) is 9.59 Å². The quantitative estimate of drug-likeness (QED) is 0.519. The first-order chi connectivity index (χ1) is 11.3. The minimum Gasteiger partial charge on any atom is -0.419 e. The molecule has 0 bridgehead atoms. The van der Waals surface area contributed by atoms with E-state index in [1.807, 2.05) is 26.0 Å². The number of ether oxygens (including phenoxy) is 2. The third-order valence-corrected chi connectivity index (χ3v) is 3.68. The Bertz CT molecular complexity index is 710. The number of hydrogen-bond donors (Lipinski definition) is 1. The van der Waals surface area contributed by atoms with Crippen LogP contribution in [0.1, 0.15) is 44.4 Å². The fourth-order valence-electron chi connectivity index (χ4n) is 2.49. The molecule has 6 heteroatoms. The van der Waals surface area contributed by atoms with Crippen molar-refractivity contribution in [3.05, 3.63) is 40.6 Å². The van der Waals surface area contributed by atoms with Gasteiger partial charge in [0.15, 0.2) is 5.57 Å². The van der Waals surface area contributed by atoms with Gasteiger partial charge in [-0.2, -0.15) is 5.26 Å². The fraction of sp³-hybridized carbons (Fsp3) is 0.389. The van der Waals surface area contributed by atoms with Crippen molar-refractivity contribution in [2.24, 2.45) is 0 Å². The molecule has 6 nitrogen and oxygen atoms in total. The number of anilines is 1. The molecule has 0 atom stereocenters. The fourth-order valence-corrected chi connectivity index (χ4v) is 2.49. The molecule has 1 saturated heterocycles. The number of nitriles is 1. The van der Waals surface area contributed by atoms with Crippen LogP contribution < -0.4 is 5.32 Å². The van der Waals surface area contributed by atoms with Gasteiger partial charge in [0, 0.05) is 25.7 Å². The van der Waals surface area contributed by atoms with Gasteiger partial charge in [-0.05, 0) is 36.1 Å². The molecule has 1 N–H and O–H groups in total. The number of carbonyl (C=O) groups is 2. The summed E-state index contributed by atoms with van der Waals surface area (Å²) in [6.45, 7) is 6.93. The van der Waals surface area contributed by atoms with E-state index in [4.69, 9.17) is 9.47 Å². The SMILES string of the molecule is CCc1cc(NC=C2C(=O)OC(C)(C)OC2=O)cc(CC)c1C#N. The molecular weight excluding hydrogens is 308 g/mol. The second-order valence-electron chi connectivity index (χ2n) is 5.87. The number of nitrogens with zero attached hydrogens (tertiary/aromatic N) is 1. The molecule has 0 amide bonds. The lowest BCUT2D eigenvalue weighted by Gasteiger charge is -2.29. The maximum absolute atomic E-state index is 11.9. The number of aryl methyl sites for hydroxylation is 2. The first-order valence-electron chi connectivity index (χ1n) is 7.80. The standard InChI is InChI=1S/C18H20N2O4/c1-5-11-7-13(8-12(6-2)14(11)9-19)20-10-15-16(21)23-18(3,4)24-17(15)22/h7-8,10,20H,5-6H2,1-4H3. The summed E-state index contributed by atoms with van der Waals surface area (Å²) < 4.78 is 10.1. The molecule has 1 heterocycles. The summed E-state index contributed by atoms with van der Waals surface area (Å²) in [5.41, 5.74) is 2.99. The van der Waals surface area contributed by atoms with E-state index >= 15 is 0 Å². The zero-order valence-corrected chi connectivity index (χ0v) is 14.2. The van der Waals surface area contributed by atoms with Crippen molar-refractivity contribution in [2.45, 2.75) is 46.3 Å². The van der Waals surface area contributed by atoms with Gasteiger partial charge in [-0.15, -0.1) is 0 Å². The van der Waals surface area contributed by atoms with Crippen LogP contribution in [-0.4, -0.2) is 17.7 Å². The molecule has 1 fully saturated rings. The van der Waals surface area contributed by atoms with Gasteiger partial charge >= 0.3 is 11.9 Å². The Hall–Kier alpha value is -2.81. The van der Waals surface area contributed by atoms with Crippen LogP contribution in [0.4, 0.5) is 5.69 Å². The van der Waals surface area contributed by atoms with Crippen LogP contribution in [-0.2, 0) is 31.9 Å². The van der Waals surface area contributed by atoms with E-state index in [9.17, 15) is 14.9 Å². The second-order valence-corrected chi connectivity index (χ2v) is 5.87. The molecule has 126 valence electrons. The highest BCUT2D eigenvalue weighted by atomic mass is 16.7. The van der Waals surface area contributed by atoms with Gasteiger partial charge in [-0.3, -0.25) is 0 Å². The third-order valence-electron chi connectivity index (χ3n) is 3.68. The molecule has 1 aliphatic heterocycles. The lowest BCUT2D eigenvalue weighted by molar-refractivity contribution is -0.222. The number of nitrogens with one attached hydrogen (secondary N) is 1. The zero-order chi connectivity index (χ0) is 17.9. The monoisotopic (exact) mass is 328 g/mol. The van der Waals surface area contributed by atoms with E-state index in [-0.39, 0.29) is 5.57 Å². The molecule has 1 aromatic carbocycles. The Morgan fingerprint density at radius 2 is 1.62 bits per heavy atom. The number of rotatable bonds is 4. The van der Waals surface area contributed by atoms with Gasteiger partial charge in [0.2, 0.25) is 0 Å². The third kappa shape index (κ3) is 3.57. The van der Waals surface area contributed by atoms with Crippen LogP contribution in [0.5, 0.6) is 0 Å². The average Bonchev–Trinajstić information content (AvgIpc) is 2.51. The summed E-state index contributed by atoms with van der Waals surface area (Å²) in [4.78, 5) is 23.8. The Kier molecular flexibility index (Phi) is 4.93. The second kappa shape index (κ2) is 6.75. The largest absolute Gasteiger partial charge is 0.419 e. The molecule has 24 heavy (non-hydrogen) atoms. The minimum absolute atomic E-state index is 0.199. The number of benzene rings is 1. The molecule has 0 unspecified atom stereocenters. The Balaban J connectivity index is 2.30. The Morgan fingerprint density at radius 3 is 2.04 bits per heavy atom. The van der Waals surface area contributed by atoms with Crippen molar-refractivity contribution in [2.75, 3.05) is 5.32 Å². The highest BCUT2D eigenvalue weighted by Gasteiger charge is 2.38. The van der Waals surface area contributed by atoms with Crippen molar-refractivity contribution >= 4 is 17.6 Å². The van der Waals surface area contributed by atoms with Crippen LogP contribution in [0.15, 0.2) is 23.9 Å². The predicted molar refractivity (Wildman–Crippen MR) is 87.9 cm³/mol. The number of esters is 2. The van der Waals surface area contributed by atoms with Crippen LogP contribution in [0.25, 0.3) is 0 Å². The molecule has 2 rings (SSSR count). The molecular formula is C18H20N2O4. The minimum atomic E-state index is -1.26. The highest BCUT2D eigenvalue weighted by molar-refractivity contribution is 6.15. The first kappa shape index (κ1) is 17.5. The van der Waals surface area contributed by atoms with E-state index in [0.717, 1.165) is 11.1 Å². The Morgan fingerprint density at radius 1 is 1.12 bits per heavy atom. The highest BCUT2D eigenvalue weighted by Crippen LogP contribution is 2.24. The maximum Gasteiger partial charge on any atom is 0.350 e. The first-order valence-corrected chi connectivity index (χ1v) is 7.80. The van der Waals surface area contributed by atoms with Gasteiger partial charge in [0.05, 0.1) is 11.6 Å². The lowest BCUT2D eigenvalue weighted by Crippen LogP contribution is -2.42. The molecule has 1 aromatic rings. The van der Waals surface area contributed by atoms with Crippen molar-refractivity contribution in [3.8, 4) is 6.07 Å². The summed E-state index contributed by atoms with van der Waals surface area (Å²) >= 11 is 0. The van der Waals surface area contributed by atoms with Gasteiger partial charge in [0.1, 0.15) is 0 Å². The van der Waals surface area contributed by atoms with Crippen LogP contribution in [0, 0.1) is 11.3 Å². The Labute approximate surface area is 141 Å². The molecule has 0 spiro atoms. The zero-order valence-electron chi connectivity index (χ0n) is 14.2. The van der Waals surface area contributed by atoms with Crippen molar-refractivity contribution in [3.63, 3.8) is 0 Å². The molecule has 0 aromatic heterocycles. The normalized spacial score (nSPS) is 16.0. The summed E-state index contributed by atoms with van der Waals surface area (Å²) in [6, 6.07) is 5.89. The number of hydrogen-bond acceptors (Lipinski definition) is 6. The molecule has 0 aliphatic carbocycles. The van der Waals surface area contributed by atoms with E-state index in [1.54, 1.807) is 0 Å². The van der Waals surface area contributed by atoms with Crippen molar-refractivity contribution in [1.29, 1.82) is 5.26 Å². The van der Waals surface area contributed by atoms with Crippen molar-refractivity contribution < 1.29 is 19.1 Å². The van der Waals surface area contributed by atoms with Crippen LogP contribution >= 0.6 is 0 Å². The van der Waals surface area contributed by atoms with Gasteiger partial charge in [0.25, 0.3) is 5.79 Å². The molecule has 0 radical (unpaired) electrons. The average molecular weight is 328 g/mol. The topological polar surface area (TPSA) is 88.4 Å². The summed E-state index contributed by atoms with van der Waals surface area (Å²) in [6.07, 6.45) is 2.70. The summed E-state index contributed by atoms with van der Waals surface area (Å²) in [7, 11) is 0. The number of carbonyl (C=O) groups excluding carboxylic acids is 2. The maximum atomic E-state index is 11.9. The summed E-state index contributed by atoms with van der Waals surface area (Å²) in [5.74, 6) is -2.72. The lowest BCUT2D eigenvalue weighted by atomic mass is 9.97. The van der Waals surface area contributed by atoms with Gasteiger partial charge in [-0.1, -0.05) is 13.8 Å². The van der Waals surface area contributed by atoms with Crippen molar-refractivity contribution in [1.82, 2.24) is 0 Å². The van der Waals surface area contributed by atoms with Crippen LogP contribution in [0.3, 0.4) is 0 Å². The number of cyclic esters (lactones) is 2. The molecule has 0 saturated carbocycles. The van der Waals surface area contributed by atoms with E-state index in [1.165, 1.54) is 20.0 Å². The van der Waals surface area contributed by atoms with Gasteiger partial charge < -0.3 is 14.8 Å².